The highest BCUT2D eigenvalue weighted by Gasteiger charge is 2.39. The number of carbonyl (C=O) groups is 1. The summed E-state index contributed by atoms with van der Waals surface area (Å²) in [4.78, 5) is 20.4. The average Bonchev–Trinajstić information content (AvgIpc) is 3.18. The molecule has 37 heavy (non-hydrogen) atoms. The summed E-state index contributed by atoms with van der Waals surface area (Å²) in [6.07, 6.45) is -6.36. The smallest absolute Gasteiger partial charge is 0.406 e. The molecule has 8 nitrogen and oxygen atoms in total. The molecule has 0 saturated carbocycles. The normalized spacial score (nSPS) is 15.8. The Hall–Kier alpha value is -3.35. The van der Waals surface area contributed by atoms with E-state index in [4.69, 9.17) is 11.6 Å². The lowest BCUT2D eigenvalue weighted by Gasteiger charge is -2.38. The predicted octanol–water partition coefficient (Wildman–Crippen LogP) is 3.76. The van der Waals surface area contributed by atoms with Crippen LogP contribution in [0.15, 0.2) is 42.5 Å². The molecule has 1 aromatic heterocycles. The van der Waals surface area contributed by atoms with Gasteiger partial charge in [0.1, 0.15) is 17.4 Å². The molecule has 1 unspecified atom stereocenters. The van der Waals surface area contributed by atoms with Crippen molar-refractivity contribution in [2.75, 3.05) is 25.1 Å². The van der Waals surface area contributed by atoms with Gasteiger partial charge in [-0.25, -0.2) is 9.37 Å². The van der Waals surface area contributed by atoms with E-state index >= 15 is 0 Å². The van der Waals surface area contributed by atoms with Crippen molar-refractivity contribution in [1.29, 1.82) is 0 Å². The molecular formula is C24H23ClF4N4O4. The number of aliphatic hydroxyl groups excluding tert-OH is 2. The number of anilines is 1. The third-order valence-corrected chi connectivity index (χ3v) is 6.11. The van der Waals surface area contributed by atoms with Crippen molar-refractivity contribution >= 4 is 23.3 Å². The van der Waals surface area contributed by atoms with Gasteiger partial charge in [0.05, 0.1) is 0 Å². The van der Waals surface area contributed by atoms with Crippen LogP contribution < -0.4 is 9.64 Å². The molecule has 13 heteroatoms. The molecule has 0 aliphatic carbocycles. The van der Waals surface area contributed by atoms with Crippen LogP contribution in [0.3, 0.4) is 0 Å². The van der Waals surface area contributed by atoms with Gasteiger partial charge < -0.3 is 24.4 Å². The van der Waals surface area contributed by atoms with Crippen molar-refractivity contribution in [3.05, 3.63) is 75.9 Å². The Kier molecular flexibility index (Phi) is 7.62. The van der Waals surface area contributed by atoms with E-state index in [1.165, 1.54) is 21.4 Å². The predicted molar refractivity (Wildman–Crippen MR) is 126 cm³/mol. The molecule has 0 radical (unpaired) electrons. The molecule has 198 valence electrons. The first kappa shape index (κ1) is 26.7. The van der Waals surface area contributed by atoms with Crippen molar-refractivity contribution in [2.24, 2.45) is 0 Å². The number of aromatic nitrogens is 2. The zero-order valence-corrected chi connectivity index (χ0v) is 20.3. The molecule has 2 heterocycles. The lowest BCUT2D eigenvalue weighted by molar-refractivity contribution is -0.274. The summed E-state index contributed by atoms with van der Waals surface area (Å²) in [6.45, 7) is -0.0239. The van der Waals surface area contributed by atoms with Crippen LogP contribution in [0.1, 0.15) is 33.9 Å². The fraction of sp³-hybridized carbons (Fsp3) is 0.333. The van der Waals surface area contributed by atoms with Gasteiger partial charge in [0, 0.05) is 38.2 Å². The van der Waals surface area contributed by atoms with Crippen molar-refractivity contribution in [3.8, 4) is 5.75 Å². The molecule has 0 bridgehead atoms. The molecule has 1 aliphatic heterocycles. The van der Waals surface area contributed by atoms with Crippen molar-refractivity contribution in [1.82, 2.24) is 14.5 Å². The molecule has 1 atom stereocenters. The maximum Gasteiger partial charge on any atom is 0.573 e. The van der Waals surface area contributed by atoms with E-state index in [2.05, 4.69) is 9.72 Å². The van der Waals surface area contributed by atoms with Gasteiger partial charge >= 0.3 is 6.36 Å². The molecule has 2 aromatic carbocycles. The van der Waals surface area contributed by atoms with E-state index in [0.29, 0.717) is 5.02 Å². The fourth-order valence-electron chi connectivity index (χ4n) is 4.09. The number of rotatable bonds is 8. The van der Waals surface area contributed by atoms with Crippen molar-refractivity contribution in [2.45, 2.75) is 32.1 Å². The van der Waals surface area contributed by atoms with Gasteiger partial charge in [0.2, 0.25) is 6.35 Å². The van der Waals surface area contributed by atoms with Gasteiger partial charge in [-0.15, -0.1) is 13.2 Å². The zero-order valence-electron chi connectivity index (χ0n) is 19.5. The molecular weight excluding hydrogens is 520 g/mol. The number of nitrogens with zero attached hydrogens (tertiary/aromatic N) is 4. The molecule has 0 fully saturated rings. The first-order valence-electron chi connectivity index (χ1n) is 11.2. The SMILES string of the molecule is CN1c2nc(Cc3cc(OC(F)(F)F)ccc3F)n(Cc3ccc(Cl)cc3)c2C(=O)N(CCCO)C1O. The van der Waals surface area contributed by atoms with Gasteiger partial charge in [-0.3, -0.25) is 9.69 Å². The lowest BCUT2D eigenvalue weighted by Crippen LogP contribution is -2.54. The Morgan fingerprint density at radius 3 is 2.51 bits per heavy atom. The van der Waals surface area contributed by atoms with Crippen molar-refractivity contribution in [3.63, 3.8) is 0 Å². The molecule has 0 spiro atoms. The van der Waals surface area contributed by atoms with Crippen LogP contribution in [0.2, 0.25) is 5.02 Å². The molecule has 1 amide bonds. The van der Waals surface area contributed by atoms with E-state index in [1.54, 1.807) is 24.3 Å². The first-order chi connectivity index (χ1) is 17.5. The maximum absolute atomic E-state index is 14.7. The van der Waals surface area contributed by atoms with Crippen LogP contribution in [0.4, 0.5) is 23.4 Å². The van der Waals surface area contributed by atoms with Crippen LogP contribution in [-0.4, -0.2) is 63.5 Å². The highest BCUT2D eigenvalue weighted by atomic mass is 35.5. The Bertz CT molecular complexity index is 1280. The number of imidazole rings is 1. The van der Waals surface area contributed by atoms with E-state index in [1.807, 2.05) is 0 Å². The van der Waals surface area contributed by atoms with E-state index < -0.39 is 30.2 Å². The number of alkyl halides is 3. The van der Waals surface area contributed by atoms with E-state index in [-0.39, 0.29) is 55.4 Å². The third kappa shape index (κ3) is 5.81. The zero-order chi connectivity index (χ0) is 26.9. The lowest BCUT2D eigenvalue weighted by atomic mass is 10.1. The molecule has 4 rings (SSSR count). The number of benzene rings is 2. The number of carbonyl (C=O) groups excluding carboxylic acids is 1. The van der Waals surface area contributed by atoms with Gasteiger partial charge in [0.15, 0.2) is 11.5 Å². The number of fused-ring (bicyclic) bond motifs is 1. The molecule has 0 saturated heterocycles. The van der Waals surface area contributed by atoms with Crippen LogP contribution >= 0.6 is 11.6 Å². The summed E-state index contributed by atoms with van der Waals surface area (Å²) in [6, 6.07) is 9.42. The Balaban J connectivity index is 1.79. The first-order valence-corrected chi connectivity index (χ1v) is 11.6. The minimum atomic E-state index is -4.95. The Labute approximate surface area is 214 Å². The fourth-order valence-corrected chi connectivity index (χ4v) is 4.22. The monoisotopic (exact) mass is 542 g/mol. The number of hydrogen-bond donors (Lipinski definition) is 2. The maximum atomic E-state index is 14.7. The Morgan fingerprint density at radius 2 is 1.86 bits per heavy atom. The molecule has 1 aliphatic rings. The number of amides is 1. The standard InChI is InChI=1S/C24H23ClF4N4O4/c1-31-21-20(22(35)32(23(31)36)9-2-10-34)33(13-14-3-5-16(25)6-4-14)19(30-21)12-15-11-17(7-8-18(15)26)37-24(27,28)29/h3-8,11,23,34,36H,2,9-10,12-13H2,1H3. The number of halogens is 5. The van der Waals surface area contributed by atoms with Gasteiger partial charge in [-0.2, -0.15) is 0 Å². The van der Waals surface area contributed by atoms with Crippen molar-refractivity contribution < 1.29 is 37.3 Å². The topological polar surface area (TPSA) is 91.1 Å². The van der Waals surface area contributed by atoms with Crippen LogP contribution in [-0.2, 0) is 13.0 Å². The highest BCUT2D eigenvalue weighted by molar-refractivity contribution is 6.30. The second kappa shape index (κ2) is 10.6. The summed E-state index contributed by atoms with van der Waals surface area (Å²) in [5.74, 6) is -1.62. The Morgan fingerprint density at radius 1 is 1.16 bits per heavy atom. The number of hydrogen-bond acceptors (Lipinski definition) is 6. The quantitative estimate of drug-likeness (QED) is 0.421. The van der Waals surface area contributed by atoms with E-state index in [0.717, 1.165) is 23.8 Å². The summed E-state index contributed by atoms with van der Waals surface area (Å²) < 4.78 is 58.2. The van der Waals surface area contributed by atoms with E-state index in [9.17, 15) is 32.6 Å². The summed E-state index contributed by atoms with van der Waals surface area (Å²) >= 11 is 5.98. The molecule has 3 aromatic rings. The van der Waals surface area contributed by atoms with Gasteiger partial charge in [-0.1, -0.05) is 23.7 Å². The molecule has 2 N–H and O–H groups in total. The van der Waals surface area contributed by atoms with Gasteiger partial charge in [-0.05, 0) is 47.9 Å². The summed E-state index contributed by atoms with van der Waals surface area (Å²) in [5.41, 5.74) is 0.706. The number of aliphatic hydroxyl groups is 2. The third-order valence-electron chi connectivity index (χ3n) is 5.86. The largest absolute Gasteiger partial charge is 0.573 e. The second-order valence-corrected chi connectivity index (χ2v) is 8.86. The second-order valence-electron chi connectivity index (χ2n) is 8.42. The minimum Gasteiger partial charge on any atom is -0.406 e. The number of ether oxygens (including phenoxy) is 1. The average molecular weight is 543 g/mol. The van der Waals surface area contributed by atoms with Crippen LogP contribution in [0.25, 0.3) is 0 Å². The van der Waals surface area contributed by atoms with Crippen LogP contribution in [0.5, 0.6) is 5.75 Å². The summed E-state index contributed by atoms with van der Waals surface area (Å²) in [5, 5.41) is 20.4. The van der Waals surface area contributed by atoms with Gasteiger partial charge in [0.25, 0.3) is 5.91 Å². The summed E-state index contributed by atoms with van der Waals surface area (Å²) in [7, 11) is 1.52. The minimum absolute atomic E-state index is 0.0627. The van der Waals surface area contributed by atoms with Crippen LogP contribution in [0, 0.1) is 5.82 Å². The highest BCUT2D eigenvalue weighted by Crippen LogP contribution is 2.32.